The first-order chi connectivity index (χ1) is 9.82. The minimum Gasteiger partial charge on any atom is -0.481 e. The Balaban J connectivity index is 2.50. The van der Waals surface area contributed by atoms with E-state index < -0.39 is 5.97 Å². The summed E-state index contributed by atoms with van der Waals surface area (Å²) in [5.74, 6) is 0.731. The van der Waals surface area contributed by atoms with Gasteiger partial charge in [0.2, 0.25) is 5.88 Å². The van der Waals surface area contributed by atoms with E-state index in [-0.39, 0.29) is 11.8 Å². The number of aromatic nitrogens is 2. The van der Waals surface area contributed by atoms with Crippen molar-refractivity contribution in [3.63, 3.8) is 0 Å². The van der Waals surface area contributed by atoms with Crippen LogP contribution in [0.1, 0.15) is 40.0 Å². The van der Waals surface area contributed by atoms with Crippen LogP contribution in [-0.4, -0.2) is 34.7 Å². The first-order valence-corrected chi connectivity index (χ1v) is 7.14. The van der Waals surface area contributed by atoms with Gasteiger partial charge in [0.05, 0.1) is 19.5 Å². The number of methoxy groups -OCH3 is 1. The fourth-order valence-electron chi connectivity index (χ4n) is 2.21. The maximum absolute atomic E-state index is 10.7. The summed E-state index contributed by atoms with van der Waals surface area (Å²) in [4.78, 5) is 19.0. The van der Waals surface area contributed by atoms with E-state index >= 15 is 0 Å². The third-order valence-corrected chi connectivity index (χ3v) is 3.55. The molecule has 1 unspecified atom stereocenters. The fraction of sp³-hybridized carbons (Fsp3) is 0.667. The molecule has 0 aliphatic rings. The van der Waals surface area contributed by atoms with Gasteiger partial charge in [0.1, 0.15) is 5.82 Å². The van der Waals surface area contributed by atoms with Gasteiger partial charge >= 0.3 is 5.97 Å². The molecule has 1 heterocycles. The molecule has 6 nitrogen and oxygen atoms in total. The molecule has 0 aromatic carbocycles. The van der Waals surface area contributed by atoms with Crippen molar-refractivity contribution in [2.75, 3.05) is 19.0 Å². The predicted molar refractivity (Wildman–Crippen MR) is 81.5 cm³/mol. The minimum atomic E-state index is -0.740. The highest BCUT2D eigenvalue weighted by Gasteiger charge is 2.24. The monoisotopic (exact) mass is 295 g/mol. The van der Waals surface area contributed by atoms with E-state index in [4.69, 9.17) is 9.84 Å². The number of aliphatic carboxylic acids is 1. The second-order valence-corrected chi connectivity index (χ2v) is 6.16. The number of ether oxygens (including phenoxy) is 1. The number of nitrogens with one attached hydrogen (secondary N) is 1. The third-order valence-electron chi connectivity index (χ3n) is 3.55. The van der Waals surface area contributed by atoms with Crippen molar-refractivity contribution in [2.24, 2.45) is 11.3 Å². The first kappa shape index (κ1) is 17.2. The van der Waals surface area contributed by atoms with Gasteiger partial charge in [-0.05, 0) is 24.2 Å². The van der Waals surface area contributed by atoms with Crippen LogP contribution in [0.5, 0.6) is 5.88 Å². The molecular weight excluding hydrogens is 270 g/mol. The lowest BCUT2D eigenvalue weighted by Crippen LogP contribution is -2.24. The number of hydrogen-bond donors (Lipinski definition) is 2. The van der Waals surface area contributed by atoms with Crippen LogP contribution in [0, 0.1) is 11.3 Å². The number of rotatable bonds is 8. The summed E-state index contributed by atoms with van der Waals surface area (Å²) < 4.78 is 5.02. The summed E-state index contributed by atoms with van der Waals surface area (Å²) in [5, 5.41) is 12.0. The van der Waals surface area contributed by atoms with Crippen LogP contribution >= 0.6 is 0 Å². The Labute approximate surface area is 126 Å². The zero-order chi connectivity index (χ0) is 15.9. The Morgan fingerprint density at radius 3 is 2.67 bits per heavy atom. The Kier molecular flexibility index (Phi) is 6.39. The van der Waals surface area contributed by atoms with Crippen LogP contribution in [0.4, 0.5) is 5.82 Å². The Hall–Kier alpha value is -1.85. The van der Waals surface area contributed by atoms with Gasteiger partial charge in [-0.2, -0.15) is 4.98 Å². The van der Waals surface area contributed by atoms with Crippen LogP contribution in [0.3, 0.4) is 0 Å². The lowest BCUT2D eigenvalue weighted by atomic mass is 9.76. The molecule has 0 radical (unpaired) electrons. The molecule has 0 spiro atoms. The van der Waals surface area contributed by atoms with Gasteiger partial charge in [-0.25, -0.2) is 0 Å². The van der Waals surface area contributed by atoms with Gasteiger partial charge < -0.3 is 15.2 Å². The van der Waals surface area contributed by atoms with Crippen LogP contribution in [0.2, 0.25) is 0 Å². The quantitative estimate of drug-likeness (QED) is 0.767. The number of carboxylic acid groups (broad SMARTS) is 1. The first-order valence-electron chi connectivity index (χ1n) is 7.14. The second kappa shape index (κ2) is 7.81. The lowest BCUT2D eigenvalue weighted by Gasteiger charge is -2.30. The molecule has 0 saturated heterocycles. The van der Waals surface area contributed by atoms with Gasteiger partial charge in [-0.15, -0.1) is 0 Å². The van der Waals surface area contributed by atoms with Crippen molar-refractivity contribution in [1.82, 2.24) is 9.97 Å². The van der Waals surface area contributed by atoms with E-state index in [0.29, 0.717) is 24.0 Å². The fourth-order valence-corrected chi connectivity index (χ4v) is 2.21. The predicted octanol–water partition coefficient (Wildman–Crippen LogP) is 2.81. The van der Waals surface area contributed by atoms with Crippen LogP contribution < -0.4 is 10.1 Å². The highest BCUT2D eigenvalue weighted by Crippen LogP contribution is 2.32. The average molecular weight is 295 g/mol. The van der Waals surface area contributed by atoms with Gasteiger partial charge in [0, 0.05) is 13.0 Å². The van der Waals surface area contributed by atoms with Crippen LogP contribution in [0.25, 0.3) is 0 Å². The van der Waals surface area contributed by atoms with Gasteiger partial charge in [0.15, 0.2) is 0 Å². The molecule has 1 rings (SSSR count). The smallest absolute Gasteiger partial charge is 0.303 e. The number of nitrogens with zero attached hydrogens (tertiary/aromatic N) is 2. The summed E-state index contributed by atoms with van der Waals surface area (Å²) >= 11 is 0. The molecule has 1 atom stereocenters. The van der Waals surface area contributed by atoms with Crippen molar-refractivity contribution >= 4 is 11.8 Å². The van der Waals surface area contributed by atoms with Crippen molar-refractivity contribution in [2.45, 2.75) is 40.0 Å². The largest absolute Gasteiger partial charge is 0.481 e. The summed E-state index contributed by atoms with van der Waals surface area (Å²) in [7, 11) is 1.55. The highest BCUT2D eigenvalue weighted by atomic mass is 16.5. The topological polar surface area (TPSA) is 84.3 Å². The lowest BCUT2D eigenvalue weighted by molar-refractivity contribution is -0.137. The second-order valence-electron chi connectivity index (χ2n) is 6.16. The molecular formula is C15H25N3O3. The summed E-state index contributed by atoms with van der Waals surface area (Å²) in [6, 6.07) is 0. The van der Waals surface area contributed by atoms with Crippen molar-refractivity contribution in [3.05, 3.63) is 12.4 Å². The van der Waals surface area contributed by atoms with E-state index in [1.54, 1.807) is 19.5 Å². The molecule has 2 N–H and O–H groups in total. The minimum absolute atomic E-state index is 0.0805. The van der Waals surface area contributed by atoms with Crippen LogP contribution in [0.15, 0.2) is 12.4 Å². The number of hydrogen-bond acceptors (Lipinski definition) is 5. The molecule has 21 heavy (non-hydrogen) atoms. The van der Waals surface area contributed by atoms with E-state index in [2.05, 4.69) is 36.1 Å². The van der Waals surface area contributed by atoms with E-state index in [1.807, 2.05) is 0 Å². The summed E-state index contributed by atoms with van der Waals surface area (Å²) in [6.45, 7) is 7.16. The van der Waals surface area contributed by atoms with Gasteiger partial charge in [0.25, 0.3) is 0 Å². The number of carbonyl (C=O) groups is 1. The summed E-state index contributed by atoms with van der Waals surface area (Å²) in [5.41, 5.74) is 0.0805. The number of carboxylic acids is 1. The van der Waals surface area contributed by atoms with Crippen molar-refractivity contribution in [3.8, 4) is 5.88 Å². The van der Waals surface area contributed by atoms with E-state index in [1.165, 1.54) is 0 Å². The molecule has 118 valence electrons. The molecule has 0 aliphatic heterocycles. The zero-order valence-corrected chi connectivity index (χ0v) is 13.2. The summed E-state index contributed by atoms with van der Waals surface area (Å²) in [6.07, 6.45) is 4.97. The Morgan fingerprint density at radius 1 is 1.38 bits per heavy atom. The van der Waals surface area contributed by atoms with Crippen LogP contribution in [-0.2, 0) is 4.79 Å². The molecule has 6 heteroatoms. The molecule has 1 aromatic rings. The Morgan fingerprint density at radius 2 is 2.10 bits per heavy atom. The van der Waals surface area contributed by atoms with Crippen molar-refractivity contribution < 1.29 is 14.6 Å². The zero-order valence-electron chi connectivity index (χ0n) is 13.2. The van der Waals surface area contributed by atoms with Gasteiger partial charge in [-0.1, -0.05) is 20.8 Å². The maximum atomic E-state index is 10.7. The molecule has 0 saturated carbocycles. The number of anilines is 1. The Bertz CT molecular complexity index is 458. The molecule has 0 fully saturated rings. The standard InChI is InChI=1S/C15H25N3O3/c1-15(2,3)11(5-6-14(19)20)7-8-17-12-9-16-10-13(18-12)21-4/h9-11H,5-8H2,1-4H3,(H,17,18)(H,19,20). The highest BCUT2D eigenvalue weighted by molar-refractivity contribution is 5.66. The molecule has 0 amide bonds. The average Bonchev–Trinajstić information content (AvgIpc) is 2.41. The van der Waals surface area contributed by atoms with Crippen molar-refractivity contribution in [1.29, 1.82) is 0 Å². The van der Waals surface area contributed by atoms with E-state index in [9.17, 15) is 4.79 Å². The van der Waals surface area contributed by atoms with E-state index in [0.717, 1.165) is 13.0 Å². The molecule has 0 aliphatic carbocycles. The molecule has 1 aromatic heterocycles. The molecule has 0 bridgehead atoms. The van der Waals surface area contributed by atoms with Gasteiger partial charge in [-0.3, -0.25) is 9.78 Å². The SMILES string of the molecule is COc1cncc(NCCC(CCC(=O)O)C(C)(C)C)n1. The maximum Gasteiger partial charge on any atom is 0.303 e. The normalized spacial score (nSPS) is 12.8. The third kappa shape index (κ3) is 6.42.